The number of aromatic nitrogens is 3. The molecule has 0 aliphatic rings. The van der Waals surface area contributed by atoms with E-state index < -0.39 is 0 Å². The predicted molar refractivity (Wildman–Crippen MR) is 84.6 cm³/mol. The Morgan fingerprint density at radius 3 is 3.05 bits per heavy atom. The number of fused-ring (bicyclic) bond motifs is 1. The molecular formula is C16H17ClN4. The van der Waals surface area contributed by atoms with E-state index in [1.54, 1.807) is 6.20 Å². The van der Waals surface area contributed by atoms with Crippen molar-refractivity contribution in [3.63, 3.8) is 0 Å². The molecule has 108 valence electrons. The predicted octanol–water partition coefficient (Wildman–Crippen LogP) is 3.28. The first kappa shape index (κ1) is 14.0. The summed E-state index contributed by atoms with van der Waals surface area (Å²) in [6.07, 6.45) is 8.23. The number of hydrogen-bond donors (Lipinski definition) is 1. The first-order valence-corrected chi connectivity index (χ1v) is 7.41. The second-order valence-corrected chi connectivity index (χ2v) is 5.39. The molecule has 2 heterocycles. The van der Waals surface area contributed by atoms with Crippen molar-refractivity contribution in [2.45, 2.75) is 19.4 Å². The summed E-state index contributed by atoms with van der Waals surface area (Å²) in [7, 11) is 0. The van der Waals surface area contributed by atoms with E-state index in [2.05, 4.69) is 28.4 Å². The molecule has 1 atom stereocenters. The minimum Gasteiger partial charge on any atom is -0.310 e. The Kier molecular flexibility index (Phi) is 4.18. The highest BCUT2D eigenvalue weighted by Gasteiger charge is 2.16. The van der Waals surface area contributed by atoms with Gasteiger partial charge in [-0.2, -0.15) is 5.10 Å². The number of hydrogen-bond acceptors (Lipinski definition) is 3. The minimum atomic E-state index is 0.190. The van der Waals surface area contributed by atoms with E-state index in [-0.39, 0.29) is 6.04 Å². The molecule has 21 heavy (non-hydrogen) atoms. The standard InChI is InChI=1S/C16H17ClN4/c1-2-19-15(9-12-4-3-5-13(17)8-12)14-10-20-21-7-6-18-11-16(14)21/h3-8,10-11,15,19H,2,9H2,1H3. The van der Waals surface area contributed by atoms with E-state index in [1.807, 2.05) is 41.3 Å². The summed E-state index contributed by atoms with van der Waals surface area (Å²) < 4.78 is 1.85. The molecule has 0 saturated heterocycles. The molecule has 0 aliphatic heterocycles. The zero-order valence-corrected chi connectivity index (χ0v) is 12.6. The van der Waals surface area contributed by atoms with Gasteiger partial charge in [-0.25, -0.2) is 4.52 Å². The second-order valence-electron chi connectivity index (χ2n) is 4.95. The SMILES string of the molecule is CCNC(Cc1cccc(Cl)c1)c1cnn2ccncc12. The first-order valence-electron chi connectivity index (χ1n) is 7.03. The minimum absolute atomic E-state index is 0.190. The lowest BCUT2D eigenvalue weighted by Crippen LogP contribution is -2.22. The Morgan fingerprint density at radius 1 is 1.33 bits per heavy atom. The van der Waals surface area contributed by atoms with Crippen molar-refractivity contribution >= 4 is 17.1 Å². The number of rotatable bonds is 5. The van der Waals surface area contributed by atoms with Crippen LogP contribution in [0.2, 0.25) is 5.02 Å². The third-order valence-corrected chi connectivity index (χ3v) is 3.74. The van der Waals surface area contributed by atoms with Crippen LogP contribution in [0, 0.1) is 0 Å². The van der Waals surface area contributed by atoms with Crippen LogP contribution >= 0.6 is 11.6 Å². The topological polar surface area (TPSA) is 42.2 Å². The van der Waals surface area contributed by atoms with Crippen LogP contribution in [-0.4, -0.2) is 21.1 Å². The fourth-order valence-electron chi connectivity index (χ4n) is 2.56. The smallest absolute Gasteiger partial charge is 0.0892 e. The van der Waals surface area contributed by atoms with Gasteiger partial charge in [-0.05, 0) is 30.7 Å². The number of halogens is 1. The average molecular weight is 301 g/mol. The molecule has 3 aromatic rings. The summed E-state index contributed by atoms with van der Waals surface area (Å²) in [6.45, 7) is 3.00. The Labute approximate surface area is 128 Å². The highest BCUT2D eigenvalue weighted by molar-refractivity contribution is 6.30. The lowest BCUT2D eigenvalue weighted by Gasteiger charge is -2.17. The molecule has 0 amide bonds. The molecule has 0 fully saturated rings. The highest BCUT2D eigenvalue weighted by atomic mass is 35.5. The number of nitrogens with one attached hydrogen (secondary N) is 1. The van der Waals surface area contributed by atoms with E-state index in [0.29, 0.717) is 0 Å². The first-order chi connectivity index (χ1) is 10.3. The van der Waals surface area contributed by atoms with Gasteiger partial charge in [0.15, 0.2) is 0 Å². The van der Waals surface area contributed by atoms with Crippen LogP contribution in [0.5, 0.6) is 0 Å². The average Bonchev–Trinajstić information content (AvgIpc) is 2.91. The molecule has 1 unspecified atom stereocenters. The molecule has 4 nitrogen and oxygen atoms in total. The summed E-state index contributed by atoms with van der Waals surface area (Å²) in [6, 6.07) is 8.18. The number of benzene rings is 1. The molecule has 0 spiro atoms. The van der Waals surface area contributed by atoms with E-state index in [1.165, 1.54) is 5.56 Å². The molecule has 0 radical (unpaired) electrons. The molecule has 0 saturated carbocycles. The van der Waals surface area contributed by atoms with Gasteiger partial charge >= 0.3 is 0 Å². The Bertz CT molecular complexity index is 738. The van der Waals surface area contributed by atoms with Crippen LogP contribution in [0.4, 0.5) is 0 Å². The van der Waals surface area contributed by atoms with Gasteiger partial charge in [-0.15, -0.1) is 0 Å². The van der Waals surface area contributed by atoms with E-state index in [0.717, 1.165) is 29.1 Å². The number of nitrogens with zero attached hydrogens (tertiary/aromatic N) is 3. The number of likely N-dealkylation sites (N-methyl/N-ethyl adjacent to an activating group) is 1. The van der Waals surface area contributed by atoms with Gasteiger partial charge in [-0.3, -0.25) is 4.98 Å². The summed E-state index contributed by atoms with van der Waals surface area (Å²) in [5, 5.41) is 8.68. The highest BCUT2D eigenvalue weighted by Crippen LogP contribution is 2.23. The van der Waals surface area contributed by atoms with Crippen LogP contribution in [0.25, 0.3) is 5.52 Å². The van der Waals surface area contributed by atoms with Crippen molar-refractivity contribution in [2.24, 2.45) is 0 Å². The summed E-state index contributed by atoms with van der Waals surface area (Å²) in [5.41, 5.74) is 3.40. The van der Waals surface area contributed by atoms with Crippen molar-refractivity contribution in [3.8, 4) is 0 Å². The van der Waals surface area contributed by atoms with Gasteiger partial charge in [0.2, 0.25) is 0 Å². The maximum absolute atomic E-state index is 6.08. The summed E-state index contributed by atoms with van der Waals surface area (Å²) in [4.78, 5) is 4.20. The normalized spacial score (nSPS) is 12.7. The van der Waals surface area contributed by atoms with Crippen LogP contribution in [0.3, 0.4) is 0 Å². The Hall–Kier alpha value is -1.91. The Balaban J connectivity index is 1.94. The third-order valence-electron chi connectivity index (χ3n) is 3.51. The van der Waals surface area contributed by atoms with Gasteiger partial charge in [-0.1, -0.05) is 30.7 Å². The molecule has 2 aromatic heterocycles. The molecule has 1 N–H and O–H groups in total. The zero-order valence-electron chi connectivity index (χ0n) is 11.8. The summed E-state index contributed by atoms with van der Waals surface area (Å²) >= 11 is 6.08. The molecule has 0 bridgehead atoms. The van der Waals surface area contributed by atoms with Crippen LogP contribution in [0.15, 0.2) is 49.1 Å². The van der Waals surface area contributed by atoms with Gasteiger partial charge in [0.25, 0.3) is 0 Å². The summed E-state index contributed by atoms with van der Waals surface area (Å²) in [5.74, 6) is 0. The van der Waals surface area contributed by atoms with Crippen LogP contribution < -0.4 is 5.32 Å². The fraction of sp³-hybridized carbons (Fsp3) is 0.250. The lowest BCUT2D eigenvalue weighted by molar-refractivity contribution is 0.553. The van der Waals surface area contributed by atoms with Crippen molar-refractivity contribution in [1.82, 2.24) is 19.9 Å². The van der Waals surface area contributed by atoms with Gasteiger partial charge in [0.05, 0.1) is 17.9 Å². The largest absolute Gasteiger partial charge is 0.310 e. The molecule has 5 heteroatoms. The zero-order chi connectivity index (χ0) is 14.7. The maximum Gasteiger partial charge on any atom is 0.0892 e. The van der Waals surface area contributed by atoms with E-state index in [9.17, 15) is 0 Å². The Morgan fingerprint density at radius 2 is 2.24 bits per heavy atom. The van der Waals surface area contributed by atoms with E-state index >= 15 is 0 Å². The molecule has 3 rings (SSSR count). The fourth-order valence-corrected chi connectivity index (χ4v) is 2.77. The van der Waals surface area contributed by atoms with Crippen molar-refractivity contribution in [3.05, 3.63) is 65.2 Å². The van der Waals surface area contributed by atoms with E-state index in [4.69, 9.17) is 11.6 Å². The third kappa shape index (κ3) is 3.06. The van der Waals surface area contributed by atoms with Gasteiger partial charge in [0, 0.05) is 29.0 Å². The molecule has 1 aromatic carbocycles. The molecular weight excluding hydrogens is 284 g/mol. The van der Waals surface area contributed by atoms with Crippen LogP contribution in [0.1, 0.15) is 24.1 Å². The van der Waals surface area contributed by atoms with Gasteiger partial charge in [0.1, 0.15) is 0 Å². The van der Waals surface area contributed by atoms with Crippen molar-refractivity contribution < 1.29 is 0 Å². The lowest BCUT2D eigenvalue weighted by atomic mass is 10.00. The monoisotopic (exact) mass is 300 g/mol. The van der Waals surface area contributed by atoms with Crippen molar-refractivity contribution in [2.75, 3.05) is 6.54 Å². The van der Waals surface area contributed by atoms with Crippen LogP contribution in [-0.2, 0) is 6.42 Å². The second kappa shape index (κ2) is 6.24. The van der Waals surface area contributed by atoms with Gasteiger partial charge < -0.3 is 5.32 Å². The quantitative estimate of drug-likeness (QED) is 0.786. The molecule has 0 aliphatic carbocycles. The maximum atomic E-state index is 6.08. The van der Waals surface area contributed by atoms with Crippen molar-refractivity contribution in [1.29, 1.82) is 0 Å².